The Morgan fingerprint density at radius 2 is 2.14 bits per heavy atom. The van der Waals surface area contributed by atoms with Gasteiger partial charge >= 0.3 is 11.7 Å². The monoisotopic (exact) mass is 366 g/mol. The Labute approximate surface area is 132 Å². The topological polar surface area (TPSA) is 75.1 Å². The van der Waals surface area contributed by atoms with E-state index in [4.69, 9.17) is 5.11 Å². The van der Waals surface area contributed by atoms with E-state index in [1.54, 1.807) is 22.0 Å². The molecule has 1 aromatic carbocycles. The first-order chi connectivity index (χ1) is 10.0. The molecule has 0 amide bonds. The van der Waals surface area contributed by atoms with Crippen molar-refractivity contribution in [3.05, 3.63) is 55.0 Å². The summed E-state index contributed by atoms with van der Waals surface area (Å²) in [6.07, 6.45) is 0.754. The number of carboxylic acid groups (broad SMARTS) is 1. The van der Waals surface area contributed by atoms with Crippen LogP contribution in [-0.2, 0) is 13.0 Å². The Morgan fingerprint density at radius 3 is 2.81 bits per heavy atom. The molecule has 0 atom stereocenters. The van der Waals surface area contributed by atoms with Crippen molar-refractivity contribution in [2.24, 2.45) is 0 Å². The zero-order valence-electron chi connectivity index (χ0n) is 10.8. The van der Waals surface area contributed by atoms with E-state index in [9.17, 15) is 9.59 Å². The summed E-state index contributed by atoms with van der Waals surface area (Å²) in [5.41, 5.74) is 1.22. The van der Waals surface area contributed by atoms with Crippen LogP contribution in [-0.4, -0.2) is 20.6 Å². The predicted molar refractivity (Wildman–Crippen MR) is 85.2 cm³/mol. The molecule has 0 saturated carbocycles. The van der Waals surface area contributed by atoms with Crippen LogP contribution < -0.4 is 5.69 Å². The van der Waals surface area contributed by atoms with Gasteiger partial charge in [0.05, 0.1) is 20.4 Å². The van der Waals surface area contributed by atoms with Crippen LogP contribution in [0.15, 0.2) is 38.9 Å². The van der Waals surface area contributed by atoms with Crippen molar-refractivity contribution in [1.29, 1.82) is 0 Å². The van der Waals surface area contributed by atoms with Gasteiger partial charge in [0.15, 0.2) is 0 Å². The van der Waals surface area contributed by atoms with Crippen molar-refractivity contribution in [1.82, 2.24) is 9.55 Å². The molecule has 7 heteroatoms. The summed E-state index contributed by atoms with van der Waals surface area (Å²) in [6, 6.07) is 8.67. The molecule has 0 fully saturated rings. The SMILES string of the molecule is O=C(O)c1ccc2c(c1)[nH]c(=O)n2CCc1ccc(Br)s1. The molecule has 2 N–H and O–H groups in total. The first kappa shape index (κ1) is 14.1. The molecule has 0 unspecified atom stereocenters. The molecule has 108 valence electrons. The van der Waals surface area contributed by atoms with Gasteiger partial charge in [-0.2, -0.15) is 0 Å². The number of carboxylic acids is 1. The van der Waals surface area contributed by atoms with Gasteiger partial charge in [0.2, 0.25) is 0 Å². The number of benzene rings is 1. The van der Waals surface area contributed by atoms with Gasteiger partial charge in [-0.05, 0) is 52.7 Å². The number of aryl methyl sites for hydroxylation is 2. The van der Waals surface area contributed by atoms with Crippen LogP contribution in [0, 0.1) is 0 Å². The van der Waals surface area contributed by atoms with Crippen LogP contribution in [0.25, 0.3) is 11.0 Å². The highest BCUT2D eigenvalue weighted by Gasteiger charge is 2.10. The number of imidazole rings is 1. The predicted octanol–water partition coefficient (Wildman–Crippen LogP) is 3.09. The standard InChI is InChI=1S/C14H11BrN2O3S/c15-12-4-2-9(21-12)5-6-17-11-3-1-8(13(18)19)7-10(11)16-14(17)20/h1-4,7H,5-6H2,(H,16,20)(H,18,19). The molecule has 2 aromatic heterocycles. The Bertz CT molecular complexity index is 878. The van der Waals surface area contributed by atoms with E-state index in [1.807, 2.05) is 12.1 Å². The lowest BCUT2D eigenvalue weighted by Gasteiger charge is -2.02. The van der Waals surface area contributed by atoms with E-state index in [2.05, 4.69) is 20.9 Å². The first-order valence-corrected chi connectivity index (χ1v) is 7.85. The summed E-state index contributed by atoms with van der Waals surface area (Å²) in [6.45, 7) is 0.554. The number of aromatic amines is 1. The second-order valence-corrected chi connectivity index (χ2v) is 7.12. The number of carbonyl (C=O) groups is 1. The van der Waals surface area contributed by atoms with Crippen molar-refractivity contribution in [2.75, 3.05) is 0 Å². The Morgan fingerprint density at radius 1 is 1.33 bits per heavy atom. The zero-order chi connectivity index (χ0) is 15.0. The highest BCUT2D eigenvalue weighted by Crippen LogP contribution is 2.23. The summed E-state index contributed by atoms with van der Waals surface area (Å²) >= 11 is 5.06. The summed E-state index contributed by atoms with van der Waals surface area (Å²) in [4.78, 5) is 26.8. The van der Waals surface area contributed by atoms with Crippen LogP contribution in [0.3, 0.4) is 0 Å². The van der Waals surface area contributed by atoms with Gasteiger partial charge in [0.25, 0.3) is 0 Å². The Balaban J connectivity index is 1.93. The van der Waals surface area contributed by atoms with Crippen molar-refractivity contribution in [3.8, 4) is 0 Å². The molecule has 2 heterocycles. The highest BCUT2D eigenvalue weighted by atomic mass is 79.9. The number of thiophene rings is 1. The van der Waals surface area contributed by atoms with Crippen molar-refractivity contribution in [3.63, 3.8) is 0 Å². The van der Waals surface area contributed by atoms with Crippen LogP contribution in [0.2, 0.25) is 0 Å². The number of hydrogen-bond acceptors (Lipinski definition) is 3. The fourth-order valence-electron chi connectivity index (χ4n) is 2.23. The largest absolute Gasteiger partial charge is 0.478 e. The maximum atomic E-state index is 12.0. The van der Waals surface area contributed by atoms with Gasteiger partial charge < -0.3 is 10.1 Å². The Hall–Kier alpha value is -1.86. The molecule has 0 aliphatic carbocycles. The summed E-state index contributed by atoms with van der Waals surface area (Å²) in [7, 11) is 0. The minimum Gasteiger partial charge on any atom is -0.478 e. The highest BCUT2D eigenvalue weighted by molar-refractivity contribution is 9.11. The number of nitrogens with one attached hydrogen (secondary N) is 1. The van der Waals surface area contributed by atoms with E-state index in [0.29, 0.717) is 12.1 Å². The molecular formula is C14H11BrN2O3S. The van der Waals surface area contributed by atoms with Crippen molar-refractivity contribution >= 4 is 44.3 Å². The summed E-state index contributed by atoms with van der Waals surface area (Å²) in [5.74, 6) is -1.01. The average Bonchev–Trinajstić information content (AvgIpc) is 2.98. The lowest BCUT2D eigenvalue weighted by molar-refractivity contribution is 0.0697. The number of nitrogens with zero attached hydrogens (tertiary/aromatic N) is 1. The second kappa shape index (κ2) is 5.50. The third kappa shape index (κ3) is 2.79. The molecule has 0 bridgehead atoms. The third-order valence-corrected chi connectivity index (χ3v) is 4.92. The van der Waals surface area contributed by atoms with Gasteiger partial charge in [-0.25, -0.2) is 9.59 Å². The summed E-state index contributed by atoms with van der Waals surface area (Å²) in [5, 5.41) is 8.97. The van der Waals surface area contributed by atoms with Crippen LogP contribution in [0.5, 0.6) is 0 Å². The first-order valence-electron chi connectivity index (χ1n) is 6.24. The van der Waals surface area contributed by atoms with Crippen LogP contribution in [0.4, 0.5) is 0 Å². The lowest BCUT2D eigenvalue weighted by Crippen LogP contribution is -2.17. The molecule has 3 rings (SSSR count). The van der Waals surface area contributed by atoms with Gasteiger partial charge in [0.1, 0.15) is 0 Å². The van der Waals surface area contributed by atoms with Gasteiger partial charge in [0, 0.05) is 11.4 Å². The fraction of sp³-hybridized carbons (Fsp3) is 0.143. The number of aromatic carboxylic acids is 1. The molecule has 0 aliphatic rings. The smallest absolute Gasteiger partial charge is 0.335 e. The lowest BCUT2D eigenvalue weighted by atomic mass is 10.2. The Kier molecular flexibility index (Phi) is 3.69. The maximum Gasteiger partial charge on any atom is 0.335 e. The van der Waals surface area contributed by atoms with E-state index in [-0.39, 0.29) is 11.3 Å². The van der Waals surface area contributed by atoms with Crippen LogP contribution >= 0.6 is 27.3 Å². The quantitative estimate of drug-likeness (QED) is 0.744. The molecule has 0 spiro atoms. The number of halogens is 1. The number of hydrogen-bond donors (Lipinski definition) is 2. The zero-order valence-corrected chi connectivity index (χ0v) is 13.2. The molecule has 3 aromatic rings. The molecule has 5 nitrogen and oxygen atoms in total. The summed E-state index contributed by atoms with van der Waals surface area (Å²) < 4.78 is 2.70. The van der Waals surface area contributed by atoms with E-state index in [0.717, 1.165) is 15.7 Å². The number of rotatable bonds is 4. The molecule has 0 saturated heterocycles. The maximum absolute atomic E-state index is 12.0. The number of aromatic nitrogens is 2. The molecule has 0 radical (unpaired) electrons. The fourth-order valence-corrected chi connectivity index (χ4v) is 3.70. The minimum absolute atomic E-state index is 0.165. The van der Waals surface area contributed by atoms with Gasteiger partial charge in [-0.3, -0.25) is 4.57 Å². The normalized spacial score (nSPS) is 11.1. The molecule has 0 aliphatic heterocycles. The van der Waals surface area contributed by atoms with Crippen molar-refractivity contribution in [2.45, 2.75) is 13.0 Å². The molecule has 21 heavy (non-hydrogen) atoms. The van der Waals surface area contributed by atoms with Crippen LogP contribution in [0.1, 0.15) is 15.2 Å². The average molecular weight is 367 g/mol. The van der Waals surface area contributed by atoms with Gasteiger partial charge in [-0.1, -0.05) is 0 Å². The van der Waals surface area contributed by atoms with Gasteiger partial charge in [-0.15, -0.1) is 11.3 Å². The van der Waals surface area contributed by atoms with E-state index in [1.165, 1.54) is 17.0 Å². The second-order valence-electron chi connectivity index (χ2n) is 4.57. The number of H-pyrrole nitrogens is 1. The molecular weight excluding hydrogens is 356 g/mol. The van der Waals surface area contributed by atoms with E-state index >= 15 is 0 Å². The van der Waals surface area contributed by atoms with Crippen molar-refractivity contribution < 1.29 is 9.90 Å². The minimum atomic E-state index is -1.01. The third-order valence-electron chi connectivity index (χ3n) is 3.23. The number of fused-ring (bicyclic) bond motifs is 1. The van der Waals surface area contributed by atoms with E-state index < -0.39 is 5.97 Å².